The van der Waals surface area contributed by atoms with E-state index in [9.17, 15) is 5.26 Å². The Balaban J connectivity index is 1.78. The van der Waals surface area contributed by atoms with Crippen LogP contribution in [0.1, 0.15) is 69.9 Å². The van der Waals surface area contributed by atoms with Gasteiger partial charge in [-0.05, 0) is 66.9 Å². The fourth-order valence-electron chi connectivity index (χ4n) is 6.02. The van der Waals surface area contributed by atoms with Crippen LogP contribution in [0.25, 0.3) is 11.4 Å². The lowest BCUT2D eigenvalue weighted by molar-refractivity contribution is 0.206. The molecule has 1 fully saturated rings. The van der Waals surface area contributed by atoms with Crippen LogP contribution >= 0.6 is 11.3 Å². The van der Waals surface area contributed by atoms with E-state index in [1.807, 2.05) is 0 Å². The number of halogens is 1. The van der Waals surface area contributed by atoms with E-state index in [0.29, 0.717) is 40.1 Å². The number of likely N-dealkylation sites (tertiary alicyclic amines) is 1. The van der Waals surface area contributed by atoms with Crippen molar-refractivity contribution in [2.24, 2.45) is 10.9 Å². The van der Waals surface area contributed by atoms with Crippen LogP contribution in [0.4, 0.5) is 9.39 Å². The number of nitrogen functional groups attached to an aromatic ring is 1. The molecule has 2 unspecified atom stereocenters. The lowest BCUT2D eigenvalue weighted by atomic mass is 9.73. The highest BCUT2D eigenvalue weighted by Crippen LogP contribution is 2.51. The van der Waals surface area contributed by atoms with Gasteiger partial charge in [0.05, 0.1) is 23.7 Å². The lowest BCUT2D eigenvalue weighted by Gasteiger charge is -2.35. The van der Waals surface area contributed by atoms with Gasteiger partial charge in [-0.2, -0.15) is 5.26 Å². The third kappa shape index (κ3) is 4.22. The summed E-state index contributed by atoms with van der Waals surface area (Å²) in [6, 6.07) is 2.14. The third-order valence-corrected chi connectivity index (χ3v) is 9.17. The maximum absolute atomic E-state index is 15.3. The van der Waals surface area contributed by atoms with Crippen molar-refractivity contribution in [2.45, 2.75) is 59.9 Å². The van der Waals surface area contributed by atoms with Crippen LogP contribution in [0.2, 0.25) is 0 Å². The van der Waals surface area contributed by atoms with Crippen molar-refractivity contribution in [3.63, 3.8) is 0 Å². The Morgan fingerprint density at radius 1 is 1.37 bits per heavy atom. The number of hydrogen-bond acceptors (Lipinski definition) is 7. The molecule has 8 heteroatoms. The number of nitrogens with zero attached hydrogens (tertiary/aromatic N) is 3. The number of allylic oxidation sites excluding steroid dienone is 3. The largest absolute Gasteiger partial charge is 0.389 e. The molecule has 0 saturated carbocycles. The lowest BCUT2D eigenvalue weighted by Crippen LogP contribution is -2.42. The number of nitriles is 1. The van der Waals surface area contributed by atoms with E-state index in [0.717, 1.165) is 83.1 Å². The van der Waals surface area contributed by atoms with E-state index in [-0.39, 0.29) is 11.9 Å². The van der Waals surface area contributed by atoms with Gasteiger partial charge in [0, 0.05) is 30.4 Å². The smallest absolute Gasteiger partial charge is 0.198 e. The number of fused-ring (bicyclic) bond motifs is 2. The number of thiophene rings is 1. The van der Waals surface area contributed by atoms with Crippen LogP contribution in [0.3, 0.4) is 0 Å². The molecule has 0 bridgehead atoms. The Bertz CT molecular complexity index is 1400. The van der Waals surface area contributed by atoms with Gasteiger partial charge in [0.25, 0.3) is 0 Å². The van der Waals surface area contributed by atoms with Gasteiger partial charge >= 0.3 is 0 Å². The standard InChI is InChI=1S/C30H36FN5OS/c1-6-17(5)24(26-19(11-32)29(33)38-28(26)23(31)8-3)25-18(7-2)27-20(21-14-37-15-22(21)25)12-34-30(35-27)36-10-9-16(4)13-36/h8,12,16,27H,6-7,9-10,13-15,33H2,1-5H3,(H,34,35)/b23-8+,24-17+. The van der Waals surface area contributed by atoms with E-state index in [1.54, 1.807) is 6.92 Å². The first-order valence-corrected chi connectivity index (χ1v) is 14.3. The molecule has 5 rings (SSSR count). The van der Waals surface area contributed by atoms with Crippen LogP contribution in [0, 0.1) is 17.2 Å². The topological polar surface area (TPSA) is 86.7 Å². The van der Waals surface area contributed by atoms with Gasteiger partial charge in [-0.3, -0.25) is 0 Å². The molecule has 3 aliphatic heterocycles. The number of anilines is 1. The van der Waals surface area contributed by atoms with Crippen LogP contribution in [-0.4, -0.2) is 43.2 Å². The number of guanidine groups is 1. The molecule has 200 valence electrons. The average molecular weight is 534 g/mol. The summed E-state index contributed by atoms with van der Waals surface area (Å²) in [5.41, 5.74) is 14.9. The molecule has 4 aliphatic rings. The Morgan fingerprint density at radius 3 is 2.76 bits per heavy atom. The molecule has 0 radical (unpaired) electrons. The number of nitrogens with one attached hydrogen (secondary N) is 1. The van der Waals surface area contributed by atoms with E-state index in [4.69, 9.17) is 15.5 Å². The van der Waals surface area contributed by atoms with Crippen molar-refractivity contribution in [1.29, 1.82) is 5.26 Å². The molecule has 38 heavy (non-hydrogen) atoms. The summed E-state index contributed by atoms with van der Waals surface area (Å²) >= 11 is 1.15. The molecule has 3 N–H and O–H groups in total. The number of aliphatic imine (C=N–C) groups is 1. The summed E-state index contributed by atoms with van der Waals surface area (Å²) in [6.45, 7) is 13.2. The summed E-state index contributed by atoms with van der Waals surface area (Å²) in [5.74, 6) is 1.18. The highest BCUT2D eigenvalue weighted by atomic mass is 32.1. The molecule has 1 aromatic heterocycles. The first-order valence-electron chi connectivity index (χ1n) is 13.5. The quantitative estimate of drug-likeness (QED) is 0.463. The highest BCUT2D eigenvalue weighted by Gasteiger charge is 2.40. The molecule has 1 aliphatic carbocycles. The van der Waals surface area contributed by atoms with Crippen molar-refractivity contribution >= 4 is 33.7 Å². The van der Waals surface area contributed by atoms with E-state index in [2.05, 4.69) is 50.2 Å². The second-order valence-corrected chi connectivity index (χ2v) is 11.5. The SMILES string of the molecule is C/C=C(/F)c1sc(N)c(C#N)c1/C(C1=C(CC)C2N=C(N3CCC(C)C3)NC=C2C2=C1COC2)=C(\C)CC. The first kappa shape index (κ1) is 26.5. The number of hydrogen-bond donors (Lipinski definition) is 2. The van der Waals surface area contributed by atoms with Crippen molar-refractivity contribution in [1.82, 2.24) is 10.2 Å². The second-order valence-electron chi connectivity index (χ2n) is 10.4. The summed E-state index contributed by atoms with van der Waals surface area (Å²) in [5, 5.41) is 14.0. The Kier molecular flexibility index (Phi) is 7.34. The molecule has 4 heterocycles. The third-order valence-electron chi connectivity index (χ3n) is 8.14. The van der Waals surface area contributed by atoms with Crippen LogP contribution < -0.4 is 11.1 Å². The van der Waals surface area contributed by atoms with Crippen molar-refractivity contribution < 1.29 is 9.13 Å². The van der Waals surface area contributed by atoms with Crippen LogP contribution in [-0.2, 0) is 4.74 Å². The molecule has 2 atom stereocenters. The van der Waals surface area contributed by atoms with E-state index < -0.39 is 0 Å². The molecule has 0 spiro atoms. The highest BCUT2D eigenvalue weighted by molar-refractivity contribution is 7.17. The Hall–Kier alpha value is -3.15. The van der Waals surface area contributed by atoms with Gasteiger partial charge in [0.2, 0.25) is 0 Å². The zero-order valence-corrected chi connectivity index (χ0v) is 23.7. The van der Waals surface area contributed by atoms with Crippen molar-refractivity contribution in [3.8, 4) is 6.07 Å². The predicted octanol–water partition coefficient (Wildman–Crippen LogP) is 6.32. The fraction of sp³-hybridized carbons (Fsp3) is 0.467. The minimum absolute atomic E-state index is 0.154. The number of nitrogens with two attached hydrogens (primary N) is 1. The average Bonchev–Trinajstić information content (AvgIpc) is 3.66. The van der Waals surface area contributed by atoms with Crippen LogP contribution in [0.5, 0.6) is 0 Å². The van der Waals surface area contributed by atoms with Gasteiger partial charge in [-0.1, -0.05) is 32.4 Å². The zero-order chi connectivity index (χ0) is 27.1. The van der Waals surface area contributed by atoms with E-state index >= 15 is 4.39 Å². The minimum atomic E-state index is -0.364. The molecule has 1 aromatic rings. The molecule has 0 amide bonds. The summed E-state index contributed by atoms with van der Waals surface area (Å²) in [4.78, 5) is 8.03. The zero-order valence-electron chi connectivity index (χ0n) is 22.9. The Morgan fingerprint density at radius 2 is 2.13 bits per heavy atom. The summed E-state index contributed by atoms with van der Waals surface area (Å²) in [7, 11) is 0. The van der Waals surface area contributed by atoms with Gasteiger partial charge in [0.1, 0.15) is 22.9 Å². The first-order chi connectivity index (χ1) is 18.3. The Labute approximate surface area is 228 Å². The van der Waals surface area contributed by atoms with Crippen molar-refractivity contribution in [2.75, 3.05) is 32.0 Å². The summed E-state index contributed by atoms with van der Waals surface area (Å²) < 4.78 is 21.3. The van der Waals surface area contributed by atoms with E-state index in [1.165, 1.54) is 11.6 Å². The maximum Gasteiger partial charge on any atom is 0.198 e. The van der Waals surface area contributed by atoms with Crippen LogP contribution in [0.15, 0.2) is 50.7 Å². The molecular weight excluding hydrogens is 497 g/mol. The normalized spacial score (nSPS) is 24.0. The maximum atomic E-state index is 15.3. The second kappa shape index (κ2) is 10.5. The fourth-order valence-corrected chi connectivity index (χ4v) is 7.01. The van der Waals surface area contributed by atoms with Gasteiger partial charge in [-0.25, -0.2) is 9.38 Å². The molecule has 6 nitrogen and oxygen atoms in total. The monoisotopic (exact) mass is 533 g/mol. The molecule has 1 saturated heterocycles. The molecule has 0 aromatic carbocycles. The minimum Gasteiger partial charge on any atom is -0.389 e. The van der Waals surface area contributed by atoms with Gasteiger partial charge in [0.15, 0.2) is 5.96 Å². The van der Waals surface area contributed by atoms with Gasteiger partial charge in [-0.15, -0.1) is 11.3 Å². The van der Waals surface area contributed by atoms with Gasteiger partial charge < -0.3 is 20.7 Å². The van der Waals surface area contributed by atoms with Crippen molar-refractivity contribution in [3.05, 3.63) is 61.7 Å². The number of rotatable bonds is 5. The predicted molar refractivity (Wildman–Crippen MR) is 154 cm³/mol. The molecular formula is C30H36FN5OS. The summed E-state index contributed by atoms with van der Waals surface area (Å²) in [6.07, 6.45) is 6.23. The number of ether oxygens (including phenoxy) is 1.